The average molecular weight is 434 g/mol. The second kappa shape index (κ2) is 7.15. The molecule has 0 bridgehead atoms. The van der Waals surface area contributed by atoms with Crippen LogP contribution in [0.2, 0.25) is 0 Å². The van der Waals surface area contributed by atoms with Crippen molar-refractivity contribution >= 4 is 7.82 Å². The number of nitrogens with one attached hydrogen (secondary N) is 1. The molecule has 0 aliphatic carbocycles. The Labute approximate surface area is 164 Å². The number of rotatable bonds is 4. The zero-order valence-corrected chi connectivity index (χ0v) is 15.3. The molecule has 4 rings (SSSR count). The van der Waals surface area contributed by atoms with Crippen LogP contribution < -0.4 is 15.8 Å². The Kier molecular flexibility index (Phi) is 4.31. The highest BCUT2D eigenvalue weighted by atomic mass is 31.2. The number of phosphoric ester groups is 1. The van der Waals surface area contributed by atoms with Crippen LogP contribution in [0.4, 0.5) is 8.78 Å². The highest BCUT2D eigenvalue weighted by Gasteiger charge is 2.50. The number of aliphatic hydroxyl groups excluding tert-OH is 1. The molecule has 29 heavy (non-hydrogen) atoms. The summed E-state index contributed by atoms with van der Waals surface area (Å²) >= 11 is 0. The predicted octanol–water partition coefficient (Wildman–Crippen LogP) is 1.36. The summed E-state index contributed by atoms with van der Waals surface area (Å²) in [6.07, 6.45) is -3.53. The van der Waals surface area contributed by atoms with Crippen molar-refractivity contribution in [1.82, 2.24) is 9.55 Å². The molecule has 3 heterocycles. The van der Waals surface area contributed by atoms with Crippen molar-refractivity contribution in [2.75, 3.05) is 6.56 Å². The quantitative estimate of drug-likeness (QED) is 0.691. The summed E-state index contributed by atoms with van der Waals surface area (Å²) in [5, 5.41) is 10.2. The molecule has 156 valence electrons. The van der Waals surface area contributed by atoms with Crippen molar-refractivity contribution in [2.24, 2.45) is 0 Å². The fraction of sp³-hybridized carbons (Fsp3) is 0.375. The summed E-state index contributed by atoms with van der Waals surface area (Å²) in [6.45, 7) is -3.94. The summed E-state index contributed by atoms with van der Waals surface area (Å²) in [7, 11) is -4.72. The van der Waals surface area contributed by atoms with E-state index < -0.39 is 62.7 Å². The Morgan fingerprint density at radius 2 is 2.24 bits per heavy atom. The van der Waals surface area contributed by atoms with Crippen LogP contribution in [0.15, 0.2) is 40.1 Å². The van der Waals surface area contributed by atoms with Gasteiger partial charge >= 0.3 is 13.5 Å². The summed E-state index contributed by atoms with van der Waals surface area (Å²) in [6, 6.07) is 4.09. The minimum Gasteiger partial charge on any atom is -0.404 e. The topological polar surface area (TPSA) is 129 Å². The number of ether oxygens (including phenoxy) is 1. The van der Waals surface area contributed by atoms with Crippen molar-refractivity contribution in [3.63, 3.8) is 0 Å². The maximum absolute atomic E-state index is 15.4. The first-order valence-corrected chi connectivity index (χ1v) is 9.67. The number of nitrogens with zero attached hydrogens (tertiary/aromatic N) is 1. The molecular weight excluding hydrogens is 417 g/mol. The van der Waals surface area contributed by atoms with Crippen LogP contribution in [0.3, 0.4) is 0 Å². The third-order valence-electron chi connectivity index (χ3n) is 4.15. The van der Waals surface area contributed by atoms with Gasteiger partial charge in [-0.3, -0.25) is 23.4 Å². The molecule has 0 radical (unpaired) electrons. The number of halogens is 2. The van der Waals surface area contributed by atoms with Gasteiger partial charge in [-0.1, -0.05) is 0 Å². The molecule has 0 amide bonds. The fourth-order valence-electron chi connectivity index (χ4n) is 2.84. The number of hydrogen-bond donors (Lipinski definition) is 2. The van der Waals surface area contributed by atoms with E-state index in [0.717, 1.165) is 30.5 Å². The number of alkyl halides is 1. The fourth-order valence-corrected chi connectivity index (χ4v) is 3.94. The van der Waals surface area contributed by atoms with Crippen molar-refractivity contribution in [2.45, 2.75) is 31.2 Å². The SMILES string of the molecule is [2H]C([2H])(OP1(=O)OCc2cc(F)ccc2O1)[C@]1(F)C[C@@H](O)[C@H](n2ccc(=O)[nH]c2=O)O1. The lowest BCUT2D eigenvalue weighted by Gasteiger charge is -2.27. The largest absolute Gasteiger partial charge is 0.530 e. The predicted molar refractivity (Wildman–Crippen MR) is 91.3 cm³/mol. The van der Waals surface area contributed by atoms with E-state index in [0.29, 0.717) is 4.57 Å². The van der Waals surface area contributed by atoms with Crippen molar-refractivity contribution in [3.8, 4) is 5.75 Å². The molecule has 2 N–H and O–H groups in total. The first kappa shape index (κ1) is 17.5. The molecule has 1 aromatic carbocycles. The number of phosphoric acid groups is 1. The number of H-pyrrole nitrogens is 1. The minimum atomic E-state index is -4.72. The van der Waals surface area contributed by atoms with E-state index in [1.54, 1.807) is 0 Å². The van der Waals surface area contributed by atoms with E-state index in [1.807, 2.05) is 4.98 Å². The second-order valence-electron chi connectivity index (χ2n) is 6.28. The molecule has 1 saturated heterocycles. The Morgan fingerprint density at radius 3 is 3.00 bits per heavy atom. The third-order valence-corrected chi connectivity index (χ3v) is 5.33. The Bertz CT molecular complexity index is 1190. The van der Waals surface area contributed by atoms with Crippen LogP contribution in [-0.2, 0) is 25.0 Å². The monoisotopic (exact) mass is 434 g/mol. The number of benzene rings is 1. The second-order valence-corrected chi connectivity index (χ2v) is 7.80. The summed E-state index contributed by atoms with van der Waals surface area (Å²) in [5.41, 5.74) is -1.60. The highest BCUT2D eigenvalue weighted by molar-refractivity contribution is 7.49. The van der Waals surface area contributed by atoms with Gasteiger partial charge in [-0.25, -0.2) is 18.1 Å². The average Bonchev–Trinajstić information content (AvgIpc) is 2.97. The Morgan fingerprint density at radius 1 is 1.45 bits per heavy atom. The zero-order chi connectivity index (χ0) is 22.6. The Hall–Kier alpha value is -2.37. The molecule has 1 aromatic heterocycles. The van der Waals surface area contributed by atoms with E-state index in [4.69, 9.17) is 21.0 Å². The number of aromatic amines is 1. The smallest absolute Gasteiger partial charge is 0.404 e. The number of aliphatic hydroxyl groups is 1. The van der Waals surface area contributed by atoms with Crippen molar-refractivity contribution in [3.05, 3.63) is 62.7 Å². The molecule has 0 saturated carbocycles. The zero-order valence-electron chi connectivity index (χ0n) is 16.4. The van der Waals surface area contributed by atoms with Gasteiger partial charge in [0.1, 0.15) is 24.2 Å². The number of hydrogen-bond acceptors (Lipinski definition) is 8. The Balaban J connectivity index is 1.57. The first-order valence-electron chi connectivity index (χ1n) is 9.21. The van der Waals surface area contributed by atoms with Gasteiger partial charge in [-0.15, -0.1) is 0 Å². The molecular formula is C16H15F2N2O8P. The van der Waals surface area contributed by atoms with Gasteiger partial charge in [0, 0.05) is 24.2 Å². The van der Waals surface area contributed by atoms with E-state index in [9.17, 15) is 23.7 Å². The standard InChI is InChI=1S/C16H15F2N2O8P/c17-10-1-2-12-9(5-10)7-25-29(24,28-12)26-8-16(18)6-11(21)14(27-16)20-4-3-13(22)19-15(20)23/h1-5,11,14,21H,6-8H2,(H,19,22,23)/t11-,14-,16+,29?/m1/s1/i8D2. The maximum atomic E-state index is 15.4. The summed E-state index contributed by atoms with van der Waals surface area (Å²) in [4.78, 5) is 25.0. The van der Waals surface area contributed by atoms with Crippen LogP contribution in [0.1, 0.15) is 21.0 Å². The van der Waals surface area contributed by atoms with Gasteiger partial charge in [-0.05, 0) is 18.2 Å². The molecule has 2 aromatic rings. The van der Waals surface area contributed by atoms with Crippen molar-refractivity contribution in [1.29, 1.82) is 0 Å². The van der Waals surface area contributed by atoms with Crippen LogP contribution in [0.25, 0.3) is 0 Å². The van der Waals surface area contributed by atoms with Gasteiger partial charge in [0.2, 0.25) is 5.85 Å². The maximum Gasteiger partial charge on any atom is 0.530 e. The highest BCUT2D eigenvalue weighted by Crippen LogP contribution is 2.55. The number of fused-ring (bicyclic) bond motifs is 1. The summed E-state index contributed by atoms with van der Waals surface area (Å²) in [5.74, 6) is -4.11. The van der Waals surface area contributed by atoms with Crippen LogP contribution >= 0.6 is 7.82 Å². The molecule has 2 aliphatic rings. The van der Waals surface area contributed by atoms with Gasteiger partial charge in [0.05, 0.1) is 9.35 Å². The van der Waals surface area contributed by atoms with Gasteiger partial charge in [-0.2, -0.15) is 0 Å². The van der Waals surface area contributed by atoms with Gasteiger partial charge in [0.15, 0.2) is 6.23 Å². The molecule has 2 aliphatic heterocycles. The lowest BCUT2D eigenvalue weighted by atomic mass is 10.2. The number of aromatic nitrogens is 2. The van der Waals surface area contributed by atoms with Crippen LogP contribution in [-0.4, -0.2) is 33.2 Å². The van der Waals surface area contributed by atoms with Crippen molar-refractivity contribution < 1.29 is 39.5 Å². The lowest BCUT2D eigenvalue weighted by molar-refractivity contribution is -0.179. The van der Waals surface area contributed by atoms with E-state index >= 15 is 4.39 Å². The van der Waals surface area contributed by atoms with Crippen LogP contribution in [0.5, 0.6) is 5.75 Å². The van der Waals surface area contributed by atoms with Gasteiger partial charge in [0.25, 0.3) is 5.56 Å². The molecule has 13 heteroatoms. The molecule has 0 spiro atoms. The first-order chi connectivity index (χ1) is 14.4. The van der Waals surface area contributed by atoms with Crippen LogP contribution in [0, 0.1) is 5.82 Å². The third kappa shape index (κ3) is 4.02. The normalized spacial score (nSPS) is 32.8. The van der Waals surface area contributed by atoms with E-state index in [2.05, 4.69) is 0 Å². The van der Waals surface area contributed by atoms with Gasteiger partial charge < -0.3 is 14.4 Å². The molecule has 1 unspecified atom stereocenters. The van der Waals surface area contributed by atoms with E-state index in [-0.39, 0.29) is 11.3 Å². The minimum absolute atomic E-state index is 0.107. The van der Waals surface area contributed by atoms with E-state index in [1.165, 1.54) is 0 Å². The lowest BCUT2D eigenvalue weighted by Crippen LogP contribution is -2.35. The molecule has 1 fully saturated rings. The molecule has 10 nitrogen and oxygen atoms in total. The molecule has 4 atom stereocenters. The summed E-state index contributed by atoms with van der Waals surface area (Å²) < 4.78 is 77.5.